The second-order valence-electron chi connectivity index (χ2n) is 5.73. The second-order valence-corrected chi connectivity index (χ2v) is 5.73. The summed E-state index contributed by atoms with van der Waals surface area (Å²) in [5, 5.41) is 2.92. The van der Waals surface area contributed by atoms with E-state index in [1.807, 2.05) is 6.92 Å². The molecular weight excluding hydrogens is 296 g/mol. The molecule has 1 saturated carbocycles. The molecule has 0 atom stereocenters. The van der Waals surface area contributed by atoms with Crippen LogP contribution in [0.15, 0.2) is 18.3 Å². The molecule has 1 aromatic heterocycles. The SMILES string of the molecule is CCCOC1(C(=O)Nc2ccc(OCCOC)nc2)CCCC1. The van der Waals surface area contributed by atoms with Crippen LogP contribution in [0.5, 0.6) is 5.88 Å². The smallest absolute Gasteiger partial charge is 0.256 e. The van der Waals surface area contributed by atoms with Gasteiger partial charge >= 0.3 is 0 Å². The molecule has 0 radical (unpaired) electrons. The molecule has 6 heteroatoms. The van der Waals surface area contributed by atoms with Gasteiger partial charge in [0.15, 0.2) is 0 Å². The van der Waals surface area contributed by atoms with Crippen LogP contribution in [0.1, 0.15) is 39.0 Å². The maximum Gasteiger partial charge on any atom is 0.256 e. The van der Waals surface area contributed by atoms with Crippen LogP contribution in [0.25, 0.3) is 0 Å². The third kappa shape index (κ3) is 4.91. The Bertz CT molecular complexity index is 484. The molecule has 0 spiro atoms. The Morgan fingerprint density at radius 2 is 2.04 bits per heavy atom. The van der Waals surface area contributed by atoms with Crippen LogP contribution < -0.4 is 10.1 Å². The van der Waals surface area contributed by atoms with Crippen molar-refractivity contribution in [2.75, 3.05) is 32.2 Å². The molecule has 6 nitrogen and oxygen atoms in total. The van der Waals surface area contributed by atoms with Gasteiger partial charge in [0.1, 0.15) is 12.2 Å². The molecule has 23 heavy (non-hydrogen) atoms. The van der Waals surface area contributed by atoms with E-state index in [1.165, 1.54) is 0 Å². The van der Waals surface area contributed by atoms with Crippen molar-refractivity contribution in [3.63, 3.8) is 0 Å². The van der Waals surface area contributed by atoms with Crippen LogP contribution >= 0.6 is 0 Å². The van der Waals surface area contributed by atoms with Crippen LogP contribution in [-0.2, 0) is 14.3 Å². The summed E-state index contributed by atoms with van der Waals surface area (Å²) in [4.78, 5) is 16.8. The summed E-state index contributed by atoms with van der Waals surface area (Å²) >= 11 is 0. The number of carbonyl (C=O) groups is 1. The van der Waals surface area contributed by atoms with Crippen molar-refractivity contribution in [3.8, 4) is 5.88 Å². The van der Waals surface area contributed by atoms with Crippen LogP contribution in [0.3, 0.4) is 0 Å². The molecule has 1 fully saturated rings. The number of nitrogens with one attached hydrogen (secondary N) is 1. The second kappa shape index (κ2) is 8.84. The number of carbonyl (C=O) groups excluding carboxylic acids is 1. The highest BCUT2D eigenvalue weighted by Crippen LogP contribution is 2.34. The van der Waals surface area contributed by atoms with Crippen molar-refractivity contribution in [3.05, 3.63) is 18.3 Å². The number of anilines is 1. The Morgan fingerprint density at radius 3 is 2.65 bits per heavy atom. The van der Waals surface area contributed by atoms with Gasteiger partial charge in [0.05, 0.1) is 18.5 Å². The summed E-state index contributed by atoms with van der Waals surface area (Å²) in [6.07, 6.45) is 6.13. The van der Waals surface area contributed by atoms with E-state index >= 15 is 0 Å². The highest BCUT2D eigenvalue weighted by molar-refractivity contribution is 5.97. The fraction of sp³-hybridized carbons (Fsp3) is 0.647. The van der Waals surface area contributed by atoms with Gasteiger partial charge < -0.3 is 19.5 Å². The number of hydrogen-bond donors (Lipinski definition) is 1. The highest BCUT2D eigenvalue weighted by atomic mass is 16.5. The van der Waals surface area contributed by atoms with Crippen molar-refractivity contribution in [1.29, 1.82) is 0 Å². The zero-order chi connectivity index (χ0) is 16.5. The summed E-state index contributed by atoms with van der Waals surface area (Å²) in [7, 11) is 1.62. The van der Waals surface area contributed by atoms with Crippen LogP contribution in [0.4, 0.5) is 5.69 Å². The van der Waals surface area contributed by atoms with Gasteiger partial charge in [-0.3, -0.25) is 4.79 Å². The number of nitrogens with zero attached hydrogens (tertiary/aromatic N) is 1. The van der Waals surface area contributed by atoms with Crippen molar-refractivity contribution in [1.82, 2.24) is 4.98 Å². The first-order valence-corrected chi connectivity index (χ1v) is 8.23. The van der Waals surface area contributed by atoms with Gasteiger partial charge in [-0.05, 0) is 38.2 Å². The van der Waals surface area contributed by atoms with Crippen molar-refractivity contribution in [2.45, 2.75) is 44.6 Å². The minimum Gasteiger partial charge on any atom is -0.475 e. The number of ether oxygens (including phenoxy) is 3. The van der Waals surface area contributed by atoms with E-state index < -0.39 is 5.60 Å². The Kier molecular flexibility index (Phi) is 6.80. The van der Waals surface area contributed by atoms with E-state index in [0.717, 1.165) is 32.1 Å². The van der Waals surface area contributed by atoms with Gasteiger partial charge in [0, 0.05) is 19.8 Å². The number of pyridine rings is 1. The first-order valence-electron chi connectivity index (χ1n) is 8.23. The summed E-state index contributed by atoms with van der Waals surface area (Å²) in [6.45, 7) is 3.62. The normalized spacial score (nSPS) is 16.3. The third-order valence-electron chi connectivity index (χ3n) is 3.94. The molecule has 0 saturated heterocycles. The largest absolute Gasteiger partial charge is 0.475 e. The molecule has 0 aliphatic heterocycles. The fourth-order valence-corrected chi connectivity index (χ4v) is 2.69. The van der Waals surface area contributed by atoms with E-state index in [-0.39, 0.29) is 5.91 Å². The van der Waals surface area contributed by atoms with Gasteiger partial charge in [0.2, 0.25) is 5.88 Å². The zero-order valence-corrected chi connectivity index (χ0v) is 14.0. The number of amides is 1. The molecular formula is C17H26N2O4. The Hall–Kier alpha value is -1.66. The molecule has 0 aromatic carbocycles. The molecule has 0 bridgehead atoms. The lowest BCUT2D eigenvalue weighted by Gasteiger charge is -2.27. The predicted octanol–water partition coefficient (Wildman–Crippen LogP) is 2.78. The Balaban J connectivity index is 1.93. The maximum atomic E-state index is 12.6. The van der Waals surface area contributed by atoms with Gasteiger partial charge in [-0.25, -0.2) is 4.98 Å². The first kappa shape index (κ1) is 17.7. The summed E-state index contributed by atoms with van der Waals surface area (Å²) in [5.41, 5.74) is -0.0237. The van der Waals surface area contributed by atoms with Crippen molar-refractivity contribution >= 4 is 11.6 Å². The summed E-state index contributed by atoms with van der Waals surface area (Å²) in [6, 6.07) is 3.52. The number of rotatable bonds is 9. The molecule has 128 valence electrons. The van der Waals surface area contributed by atoms with Gasteiger partial charge in [-0.1, -0.05) is 6.92 Å². The average molecular weight is 322 g/mol. The quantitative estimate of drug-likeness (QED) is 0.708. The van der Waals surface area contributed by atoms with Gasteiger partial charge in [-0.15, -0.1) is 0 Å². The average Bonchev–Trinajstić information content (AvgIpc) is 3.05. The van der Waals surface area contributed by atoms with Gasteiger partial charge in [0.25, 0.3) is 5.91 Å². The topological polar surface area (TPSA) is 69.7 Å². The van der Waals surface area contributed by atoms with Crippen molar-refractivity contribution in [2.24, 2.45) is 0 Å². The Morgan fingerprint density at radius 1 is 1.26 bits per heavy atom. The fourth-order valence-electron chi connectivity index (χ4n) is 2.69. The van der Waals surface area contributed by atoms with E-state index in [0.29, 0.717) is 31.4 Å². The van der Waals surface area contributed by atoms with E-state index in [1.54, 1.807) is 25.4 Å². The molecule has 1 amide bonds. The number of methoxy groups -OCH3 is 1. The predicted molar refractivity (Wildman–Crippen MR) is 87.7 cm³/mol. The van der Waals surface area contributed by atoms with Crippen LogP contribution in [0.2, 0.25) is 0 Å². The minimum atomic E-state index is -0.677. The molecule has 1 aliphatic carbocycles. The Labute approximate surface area is 137 Å². The van der Waals surface area contributed by atoms with E-state index in [9.17, 15) is 4.79 Å². The third-order valence-corrected chi connectivity index (χ3v) is 3.94. The lowest BCUT2D eigenvalue weighted by Crippen LogP contribution is -2.43. The standard InChI is InChI=1S/C17H26N2O4/c1-3-10-23-17(8-4-5-9-17)16(20)19-14-6-7-15(18-13-14)22-12-11-21-2/h6-7,13H,3-5,8-12H2,1-2H3,(H,19,20). The molecule has 0 unspecified atom stereocenters. The lowest BCUT2D eigenvalue weighted by atomic mass is 10.0. The molecule has 1 aromatic rings. The van der Waals surface area contributed by atoms with Gasteiger partial charge in [-0.2, -0.15) is 0 Å². The zero-order valence-electron chi connectivity index (χ0n) is 14.0. The summed E-state index contributed by atoms with van der Waals surface area (Å²) < 4.78 is 16.2. The molecule has 2 rings (SSSR count). The first-order chi connectivity index (χ1) is 11.2. The summed E-state index contributed by atoms with van der Waals surface area (Å²) in [5.74, 6) is 0.441. The van der Waals surface area contributed by atoms with Crippen molar-refractivity contribution < 1.29 is 19.0 Å². The molecule has 1 N–H and O–H groups in total. The van der Waals surface area contributed by atoms with E-state index in [2.05, 4.69) is 10.3 Å². The lowest BCUT2D eigenvalue weighted by molar-refractivity contribution is -0.140. The van der Waals surface area contributed by atoms with E-state index in [4.69, 9.17) is 14.2 Å². The monoisotopic (exact) mass is 322 g/mol. The molecule has 1 aliphatic rings. The number of aromatic nitrogens is 1. The minimum absolute atomic E-state index is 0.0710. The molecule has 1 heterocycles. The number of hydrogen-bond acceptors (Lipinski definition) is 5. The highest BCUT2D eigenvalue weighted by Gasteiger charge is 2.42. The van der Waals surface area contributed by atoms with Crippen LogP contribution in [-0.4, -0.2) is 43.4 Å². The van der Waals surface area contributed by atoms with Crippen LogP contribution in [0, 0.1) is 0 Å². The maximum absolute atomic E-state index is 12.6.